The third-order valence-corrected chi connectivity index (χ3v) is 3.89. The Morgan fingerprint density at radius 2 is 2.00 bits per heavy atom. The molecule has 1 aromatic heterocycles. The largest absolute Gasteiger partial charge is 0.491 e. The molecular weight excluding hydrogens is 270 g/mol. The van der Waals surface area contributed by atoms with Gasteiger partial charge in [0.25, 0.3) is 0 Å². The first-order chi connectivity index (χ1) is 10.2. The molecule has 0 spiro atoms. The number of pyridine rings is 1. The molecule has 0 N–H and O–H groups in total. The minimum absolute atomic E-state index is 0.0321. The molecule has 0 bridgehead atoms. The molecule has 4 rings (SSSR count). The molecule has 1 aliphatic rings. The van der Waals surface area contributed by atoms with Crippen LogP contribution in [0.1, 0.15) is 0 Å². The van der Waals surface area contributed by atoms with E-state index in [1.54, 1.807) is 13.2 Å². The second kappa shape index (κ2) is 4.15. The SMILES string of the molecule is COc1c2c(cc3c(=O)c4ccccc4n(C)c13)OCO2. The summed E-state index contributed by atoms with van der Waals surface area (Å²) >= 11 is 0. The van der Waals surface area contributed by atoms with Crippen molar-refractivity contribution in [2.45, 2.75) is 0 Å². The van der Waals surface area contributed by atoms with Gasteiger partial charge in [0, 0.05) is 12.4 Å². The van der Waals surface area contributed by atoms with E-state index in [4.69, 9.17) is 14.2 Å². The van der Waals surface area contributed by atoms with Crippen LogP contribution in [0.3, 0.4) is 0 Å². The first kappa shape index (κ1) is 12.1. The first-order valence-corrected chi connectivity index (χ1v) is 6.60. The Bertz CT molecular complexity index is 943. The van der Waals surface area contributed by atoms with Crippen LogP contribution in [0.5, 0.6) is 17.2 Å². The molecule has 5 heteroatoms. The molecule has 5 nitrogen and oxygen atoms in total. The minimum atomic E-state index is -0.0321. The Balaban J connectivity index is 2.31. The summed E-state index contributed by atoms with van der Waals surface area (Å²) in [6.45, 7) is 0.138. The monoisotopic (exact) mass is 283 g/mol. The Labute approximate surface area is 120 Å². The molecule has 2 heterocycles. The van der Waals surface area contributed by atoms with Crippen LogP contribution in [0.4, 0.5) is 0 Å². The molecule has 1 aliphatic heterocycles. The van der Waals surface area contributed by atoms with E-state index in [1.165, 1.54) is 0 Å². The van der Waals surface area contributed by atoms with Crippen LogP contribution >= 0.6 is 0 Å². The summed E-state index contributed by atoms with van der Waals surface area (Å²) in [6, 6.07) is 9.25. The molecular formula is C16H13NO4. The van der Waals surface area contributed by atoms with Crippen molar-refractivity contribution >= 4 is 21.8 Å². The molecule has 0 saturated carbocycles. The van der Waals surface area contributed by atoms with Gasteiger partial charge in [0.1, 0.15) is 0 Å². The third-order valence-electron chi connectivity index (χ3n) is 3.89. The number of ether oxygens (including phenoxy) is 3. The van der Waals surface area contributed by atoms with E-state index in [0.29, 0.717) is 33.5 Å². The van der Waals surface area contributed by atoms with E-state index in [0.717, 1.165) is 5.52 Å². The molecule has 0 saturated heterocycles. The van der Waals surface area contributed by atoms with Crippen LogP contribution in [-0.4, -0.2) is 18.5 Å². The van der Waals surface area contributed by atoms with Crippen LogP contribution in [0, 0.1) is 0 Å². The fraction of sp³-hybridized carbons (Fsp3) is 0.188. The highest BCUT2D eigenvalue weighted by atomic mass is 16.7. The van der Waals surface area contributed by atoms with Gasteiger partial charge in [-0.05, 0) is 18.2 Å². The fourth-order valence-electron chi connectivity index (χ4n) is 2.92. The lowest BCUT2D eigenvalue weighted by molar-refractivity contribution is 0.171. The number of methoxy groups -OCH3 is 1. The van der Waals surface area contributed by atoms with E-state index < -0.39 is 0 Å². The van der Waals surface area contributed by atoms with Crippen molar-refractivity contribution in [1.82, 2.24) is 4.57 Å². The van der Waals surface area contributed by atoms with Crippen LogP contribution in [-0.2, 0) is 7.05 Å². The Hall–Kier alpha value is -2.69. The first-order valence-electron chi connectivity index (χ1n) is 6.60. The zero-order valence-electron chi connectivity index (χ0n) is 11.7. The second-order valence-corrected chi connectivity index (χ2v) is 4.95. The Morgan fingerprint density at radius 3 is 2.81 bits per heavy atom. The summed E-state index contributed by atoms with van der Waals surface area (Å²) in [6.07, 6.45) is 0. The van der Waals surface area contributed by atoms with Crippen molar-refractivity contribution in [3.8, 4) is 17.2 Å². The molecule has 0 radical (unpaired) electrons. The van der Waals surface area contributed by atoms with Crippen LogP contribution in [0.15, 0.2) is 35.1 Å². The molecule has 21 heavy (non-hydrogen) atoms. The Kier molecular flexibility index (Phi) is 2.39. The molecule has 0 fully saturated rings. The number of fused-ring (bicyclic) bond motifs is 3. The zero-order chi connectivity index (χ0) is 14.6. The molecule has 0 unspecified atom stereocenters. The summed E-state index contributed by atoms with van der Waals surface area (Å²) in [7, 11) is 3.48. The maximum absolute atomic E-state index is 12.7. The van der Waals surface area contributed by atoms with Gasteiger partial charge in [-0.2, -0.15) is 0 Å². The number of rotatable bonds is 1. The molecule has 0 amide bonds. The molecule has 0 atom stereocenters. The summed E-state index contributed by atoms with van der Waals surface area (Å²) in [5, 5.41) is 1.24. The van der Waals surface area contributed by atoms with E-state index in [2.05, 4.69) is 0 Å². The van der Waals surface area contributed by atoms with Crippen molar-refractivity contribution < 1.29 is 14.2 Å². The van der Waals surface area contributed by atoms with Crippen molar-refractivity contribution in [3.05, 3.63) is 40.6 Å². The van der Waals surface area contributed by atoms with Crippen molar-refractivity contribution in [1.29, 1.82) is 0 Å². The summed E-state index contributed by atoms with van der Waals surface area (Å²) in [4.78, 5) is 12.7. The van der Waals surface area contributed by atoms with Gasteiger partial charge in [0.05, 0.1) is 23.5 Å². The van der Waals surface area contributed by atoms with E-state index in [1.807, 2.05) is 35.9 Å². The summed E-state index contributed by atoms with van der Waals surface area (Å²) in [5.41, 5.74) is 1.54. The van der Waals surface area contributed by atoms with Gasteiger partial charge in [-0.3, -0.25) is 4.79 Å². The second-order valence-electron chi connectivity index (χ2n) is 4.95. The summed E-state index contributed by atoms with van der Waals surface area (Å²) < 4.78 is 18.3. The number of hydrogen-bond acceptors (Lipinski definition) is 4. The number of aryl methyl sites for hydroxylation is 1. The summed E-state index contributed by atoms with van der Waals surface area (Å²) in [5.74, 6) is 1.63. The van der Waals surface area contributed by atoms with Gasteiger partial charge in [0.2, 0.25) is 12.5 Å². The molecule has 2 aromatic carbocycles. The number of para-hydroxylation sites is 1. The molecule has 106 valence electrons. The third kappa shape index (κ3) is 1.48. The highest BCUT2D eigenvalue weighted by molar-refractivity contribution is 5.98. The highest BCUT2D eigenvalue weighted by Crippen LogP contribution is 2.45. The normalized spacial score (nSPS) is 13.0. The quantitative estimate of drug-likeness (QED) is 0.644. The maximum Gasteiger partial charge on any atom is 0.231 e. The topological polar surface area (TPSA) is 49.7 Å². The maximum atomic E-state index is 12.7. The van der Waals surface area contributed by atoms with Gasteiger partial charge in [0.15, 0.2) is 16.9 Å². The van der Waals surface area contributed by atoms with Gasteiger partial charge in [-0.1, -0.05) is 12.1 Å². The van der Waals surface area contributed by atoms with E-state index in [9.17, 15) is 4.79 Å². The van der Waals surface area contributed by atoms with E-state index in [-0.39, 0.29) is 12.2 Å². The van der Waals surface area contributed by atoms with Crippen molar-refractivity contribution in [2.75, 3.05) is 13.9 Å². The standard InChI is InChI=1S/C16H13NO4/c1-17-11-6-4-3-5-9(11)14(18)10-7-12-15(21-8-20-12)16(19-2)13(10)17/h3-7H,8H2,1-2H3. The lowest BCUT2D eigenvalue weighted by atomic mass is 10.1. The lowest BCUT2D eigenvalue weighted by Gasteiger charge is -2.14. The number of benzene rings is 2. The Morgan fingerprint density at radius 1 is 1.19 bits per heavy atom. The van der Waals surface area contributed by atoms with Crippen LogP contribution in [0.25, 0.3) is 21.8 Å². The zero-order valence-corrected chi connectivity index (χ0v) is 11.7. The molecule has 3 aromatic rings. The van der Waals surface area contributed by atoms with Gasteiger partial charge >= 0.3 is 0 Å². The minimum Gasteiger partial charge on any atom is -0.491 e. The van der Waals surface area contributed by atoms with Gasteiger partial charge < -0.3 is 18.8 Å². The predicted molar refractivity (Wildman–Crippen MR) is 79.4 cm³/mol. The molecule has 0 aliphatic carbocycles. The van der Waals surface area contributed by atoms with Crippen LogP contribution < -0.4 is 19.6 Å². The average molecular weight is 283 g/mol. The average Bonchev–Trinajstić information content (AvgIpc) is 2.99. The van der Waals surface area contributed by atoms with Gasteiger partial charge in [-0.15, -0.1) is 0 Å². The van der Waals surface area contributed by atoms with Gasteiger partial charge in [-0.25, -0.2) is 0 Å². The van der Waals surface area contributed by atoms with Crippen molar-refractivity contribution in [3.63, 3.8) is 0 Å². The smallest absolute Gasteiger partial charge is 0.231 e. The van der Waals surface area contributed by atoms with Crippen LogP contribution in [0.2, 0.25) is 0 Å². The number of aromatic nitrogens is 1. The fourth-order valence-corrected chi connectivity index (χ4v) is 2.92. The number of nitrogens with zero attached hydrogens (tertiary/aromatic N) is 1. The lowest BCUT2D eigenvalue weighted by Crippen LogP contribution is -2.10. The predicted octanol–water partition coefficient (Wildman–Crippen LogP) is 2.43. The van der Waals surface area contributed by atoms with Crippen molar-refractivity contribution in [2.24, 2.45) is 7.05 Å². The van der Waals surface area contributed by atoms with E-state index >= 15 is 0 Å². The number of hydrogen-bond donors (Lipinski definition) is 0. The highest BCUT2D eigenvalue weighted by Gasteiger charge is 2.25.